The van der Waals surface area contributed by atoms with E-state index < -0.39 is 16.4 Å². The first-order valence-corrected chi connectivity index (χ1v) is 10.1. The van der Waals surface area contributed by atoms with Gasteiger partial charge in [-0.05, 0) is 49.1 Å². The Labute approximate surface area is 169 Å². The van der Waals surface area contributed by atoms with Gasteiger partial charge in [0, 0.05) is 14.5 Å². The van der Waals surface area contributed by atoms with Crippen LogP contribution in [0.4, 0.5) is 0 Å². The molecular formula is C20H19Br2ClO2. The first-order chi connectivity index (χ1) is 11.7. The van der Waals surface area contributed by atoms with Gasteiger partial charge in [-0.2, -0.15) is 0 Å². The van der Waals surface area contributed by atoms with Crippen LogP contribution in [0.3, 0.4) is 0 Å². The van der Waals surface area contributed by atoms with Gasteiger partial charge in [-0.15, -0.1) is 11.6 Å². The minimum Gasteiger partial charge on any atom is -0.387 e. The number of carbonyl (C=O) groups excluding carboxylic acids is 1. The third kappa shape index (κ3) is 3.23. The van der Waals surface area contributed by atoms with Crippen LogP contribution in [0.15, 0.2) is 57.5 Å². The topological polar surface area (TPSA) is 37.3 Å². The lowest BCUT2D eigenvalue weighted by molar-refractivity contribution is -0.00716. The quantitative estimate of drug-likeness (QED) is 0.431. The third-order valence-electron chi connectivity index (χ3n) is 5.29. The molecule has 1 N–H and O–H groups in total. The number of ketones is 1. The number of hydrogen-bond acceptors (Lipinski definition) is 2. The number of carbonyl (C=O) groups is 1. The van der Waals surface area contributed by atoms with Gasteiger partial charge < -0.3 is 5.11 Å². The lowest BCUT2D eigenvalue weighted by Gasteiger charge is -2.38. The molecule has 5 heteroatoms. The summed E-state index contributed by atoms with van der Waals surface area (Å²) in [5.41, 5.74) is 0.0729. The minimum atomic E-state index is -1.36. The van der Waals surface area contributed by atoms with E-state index in [2.05, 4.69) is 31.9 Å². The second-order valence-corrected chi connectivity index (χ2v) is 9.46. The molecule has 0 radical (unpaired) electrons. The van der Waals surface area contributed by atoms with Crippen LogP contribution in [-0.4, -0.2) is 16.5 Å². The zero-order valence-corrected chi connectivity index (χ0v) is 17.9. The number of rotatable bonds is 3. The van der Waals surface area contributed by atoms with E-state index in [0.29, 0.717) is 12.0 Å². The first-order valence-electron chi connectivity index (χ1n) is 8.14. The highest BCUT2D eigenvalue weighted by Gasteiger charge is 2.62. The van der Waals surface area contributed by atoms with E-state index >= 15 is 0 Å². The molecule has 2 aromatic carbocycles. The molecule has 2 nitrogen and oxygen atoms in total. The van der Waals surface area contributed by atoms with Crippen molar-refractivity contribution in [3.63, 3.8) is 0 Å². The molecule has 0 heterocycles. The summed E-state index contributed by atoms with van der Waals surface area (Å²) in [5.74, 6) is -0.660. The van der Waals surface area contributed by atoms with Gasteiger partial charge in [-0.1, -0.05) is 63.0 Å². The fourth-order valence-corrected chi connectivity index (χ4v) is 5.02. The van der Waals surface area contributed by atoms with Gasteiger partial charge in [-0.3, -0.25) is 4.79 Å². The Balaban J connectivity index is 2.00. The summed E-state index contributed by atoms with van der Waals surface area (Å²) in [7, 11) is 0. The van der Waals surface area contributed by atoms with Crippen LogP contribution in [0, 0.1) is 11.8 Å². The van der Waals surface area contributed by atoms with E-state index in [1.54, 1.807) is 19.1 Å². The second-order valence-electron chi connectivity index (χ2n) is 6.99. The Morgan fingerprint density at radius 2 is 1.56 bits per heavy atom. The molecule has 0 spiro atoms. The highest BCUT2D eigenvalue weighted by Crippen LogP contribution is 2.57. The van der Waals surface area contributed by atoms with Crippen LogP contribution in [0.1, 0.15) is 36.2 Å². The largest absolute Gasteiger partial charge is 0.387 e. The van der Waals surface area contributed by atoms with E-state index in [1.807, 2.05) is 43.3 Å². The number of aliphatic hydroxyl groups is 1. The molecular weight excluding hydrogens is 467 g/mol. The van der Waals surface area contributed by atoms with Crippen molar-refractivity contribution in [3.05, 3.63) is 68.6 Å². The lowest BCUT2D eigenvalue weighted by atomic mass is 9.77. The fraction of sp³-hybridized carbons (Fsp3) is 0.350. The average molecular weight is 487 g/mol. The normalized spacial score (nSPS) is 31.9. The summed E-state index contributed by atoms with van der Waals surface area (Å²) in [6, 6.07) is 14.9. The van der Waals surface area contributed by atoms with Crippen molar-refractivity contribution in [1.82, 2.24) is 0 Å². The Morgan fingerprint density at radius 3 is 2.08 bits per heavy atom. The molecule has 0 aliphatic heterocycles. The van der Waals surface area contributed by atoms with Crippen LogP contribution in [0.5, 0.6) is 0 Å². The fourth-order valence-electron chi connectivity index (χ4n) is 4.00. The summed E-state index contributed by atoms with van der Waals surface area (Å²) in [4.78, 5) is 12.1. The number of alkyl halides is 1. The highest BCUT2D eigenvalue weighted by molar-refractivity contribution is 9.10. The Morgan fingerprint density at radius 1 is 1.08 bits per heavy atom. The van der Waals surface area contributed by atoms with E-state index in [1.165, 1.54) is 0 Å². The smallest absolute Gasteiger partial charge is 0.169 e. The predicted octanol–water partition coefficient (Wildman–Crippen LogP) is 5.94. The Bertz CT molecular complexity index is 786. The maximum Gasteiger partial charge on any atom is 0.169 e. The summed E-state index contributed by atoms with van der Waals surface area (Å²) >= 11 is 13.8. The van der Waals surface area contributed by atoms with Crippen molar-refractivity contribution in [2.24, 2.45) is 11.8 Å². The van der Waals surface area contributed by atoms with Gasteiger partial charge in [0.15, 0.2) is 5.78 Å². The van der Waals surface area contributed by atoms with E-state index in [0.717, 1.165) is 14.5 Å². The average Bonchev–Trinajstić information content (AvgIpc) is 2.73. The van der Waals surface area contributed by atoms with Crippen LogP contribution in [0.25, 0.3) is 0 Å². The molecule has 3 rings (SSSR count). The highest BCUT2D eigenvalue weighted by atomic mass is 79.9. The zero-order valence-electron chi connectivity index (χ0n) is 14.0. The lowest BCUT2D eigenvalue weighted by Crippen LogP contribution is -2.48. The van der Waals surface area contributed by atoms with Crippen LogP contribution < -0.4 is 0 Å². The van der Waals surface area contributed by atoms with Crippen LogP contribution >= 0.6 is 43.5 Å². The standard InChI is InChI=1S/C20H19Br2ClO2/c1-12-11-20(23,14-5-9-16(22)10-6-14)19(2,25)17(12)18(24)13-3-7-15(21)8-4-13/h3-10,12,17,25H,11H2,1-2H3. The summed E-state index contributed by atoms with van der Waals surface area (Å²) in [6.45, 7) is 3.67. The summed E-state index contributed by atoms with van der Waals surface area (Å²) in [5, 5.41) is 11.4. The van der Waals surface area contributed by atoms with Crippen molar-refractivity contribution >= 4 is 49.2 Å². The van der Waals surface area contributed by atoms with E-state index in [9.17, 15) is 9.90 Å². The maximum atomic E-state index is 13.1. The van der Waals surface area contributed by atoms with Crippen molar-refractivity contribution in [1.29, 1.82) is 0 Å². The van der Waals surface area contributed by atoms with Gasteiger partial charge >= 0.3 is 0 Å². The molecule has 1 fully saturated rings. The first kappa shape index (κ1) is 19.1. The van der Waals surface area contributed by atoms with Crippen molar-refractivity contribution < 1.29 is 9.90 Å². The number of Topliss-reactive ketones (excluding diaryl/α,β-unsaturated/α-hetero) is 1. The number of benzene rings is 2. The molecule has 0 amide bonds. The van der Waals surface area contributed by atoms with Gasteiger partial charge in [0.2, 0.25) is 0 Å². The molecule has 1 aliphatic rings. The molecule has 0 aromatic heterocycles. The van der Waals surface area contributed by atoms with Crippen molar-refractivity contribution in [3.8, 4) is 0 Å². The van der Waals surface area contributed by atoms with E-state index in [-0.39, 0.29) is 11.7 Å². The number of hydrogen-bond donors (Lipinski definition) is 1. The molecule has 0 bridgehead atoms. The minimum absolute atomic E-state index is 0.0349. The molecule has 4 atom stereocenters. The molecule has 0 saturated heterocycles. The second kappa shape index (κ2) is 6.80. The van der Waals surface area contributed by atoms with Gasteiger partial charge in [0.1, 0.15) is 0 Å². The van der Waals surface area contributed by atoms with Crippen molar-refractivity contribution in [2.45, 2.75) is 30.7 Å². The van der Waals surface area contributed by atoms with Crippen LogP contribution in [0.2, 0.25) is 0 Å². The molecule has 1 aliphatic carbocycles. The Kier molecular flexibility index (Phi) is 5.20. The monoisotopic (exact) mass is 484 g/mol. The van der Waals surface area contributed by atoms with Crippen molar-refractivity contribution in [2.75, 3.05) is 0 Å². The zero-order chi connectivity index (χ0) is 18.4. The molecule has 1 saturated carbocycles. The molecule has 132 valence electrons. The van der Waals surface area contributed by atoms with E-state index in [4.69, 9.17) is 11.6 Å². The summed E-state index contributed by atoms with van der Waals surface area (Å²) < 4.78 is 1.86. The predicted molar refractivity (Wildman–Crippen MR) is 108 cm³/mol. The SMILES string of the molecule is CC1CC(Cl)(c2ccc(Br)cc2)C(C)(O)C1C(=O)c1ccc(Br)cc1. The number of halogens is 3. The molecule has 2 aromatic rings. The summed E-state index contributed by atoms with van der Waals surface area (Å²) in [6.07, 6.45) is 0.538. The van der Waals surface area contributed by atoms with Gasteiger partial charge in [-0.25, -0.2) is 0 Å². The Hall–Kier alpha value is -0.680. The molecule has 4 unspecified atom stereocenters. The third-order valence-corrected chi connectivity index (χ3v) is 7.11. The van der Waals surface area contributed by atoms with Gasteiger partial charge in [0.25, 0.3) is 0 Å². The molecule has 25 heavy (non-hydrogen) atoms. The van der Waals surface area contributed by atoms with Gasteiger partial charge in [0.05, 0.1) is 16.4 Å². The van der Waals surface area contributed by atoms with Crippen LogP contribution in [-0.2, 0) is 4.87 Å². The maximum absolute atomic E-state index is 13.1.